The summed E-state index contributed by atoms with van der Waals surface area (Å²) in [4.78, 5) is 15.6. The zero-order valence-corrected chi connectivity index (χ0v) is 13.6. The zero-order valence-electron chi connectivity index (χ0n) is 13.6. The molecule has 2 rings (SSSR count). The molecule has 1 heterocycles. The molecule has 0 fully saturated rings. The Kier molecular flexibility index (Phi) is 6.65. The Bertz CT molecular complexity index is 636. The lowest BCUT2D eigenvalue weighted by Crippen LogP contribution is -2.13. The van der Waals surface area contributed by atoms with E-state index in [1.807, 2.05) is 25.5 Å². The van der Waals surface area contributed by atoms with E-state index in [2.05, 4.69) is 10.3 Å². The van der Waals surface area contributed by atoms with Crippen molar-refractivity contribution in [1.29, 1.82) is 0 Å². The molecule has 5 N–H and O–H groups in total. The number of carbonyl (C=O) groups excluding carboxylic acids is 1. The maximum atomic E-state index is 11.3. The van der Waals surface area contributed by atoms with Gasteiger partial charge in [0, 0.05) is 12.1 Å². The molecule has 0 spiro atoms. The van der Waals surface area contributed by atoms with Crippen molar-refractivity contribution in [3.05, 3.63) is 17.7 Å². The molecular weight excluding hydrogens is 282 g/mol. The number of nitrogen functional groups attached to an aromatic ring is 1. The van der Waals surface area contributed by atoms with Gasteiger partial charge in [0.15, 0.2) is 0 Å². The lowest BCUT2D eigenvalue weighted by Gasteiger charge is -2.10. The van der Waals surface area contributed by atoms with Gasteiger partial charge in [0.1, 0.15) is 11.3 Å². The molecule has 0 bridgehead atoms. The number of benzene rings is 1. The van der Waals surface area contributed by atoms with Crippen LogP contribution in [0.4, 0.5) is 5.95 Å². The fourth-order valence-electron chi connectivity index (χ4n) is 2.19. The van der Waals surface area contributed by atoms with Crippen LogP contribution in [0, 0.1) is 0 Å². The smallest absolute Gasteiger partial charge is 0.248 e. The van der Waals surface area contributed by atoms with E-state index in [0.29, 0.717) is 22.8 Å². The third kappa shape index (κ3) is 3.67. The predicted octanol–water partition coefficient (Wildman–Crippen LogP) is 1.36. The third-order valence-corrected chi connectivity index (χ3v) is 3.15. The highest BCUT2D eigenvalue weighted by Gasteiger charge is 2.16. The molecule has 0 aliphatic rings. The normalized spacial score (nSPS) is 10.2. The predicted molar refractivity (Wildman–Crippen MR) is 89.1 cm³/mol. The van der Waals surface area contributed by atoms with Gasteiger partial charge in [0.05, 0.1) is 12.6 Å². The number of methoxy groups -OCH3 is 1. The molecule has 0 saturated heterocycles. The number of anilines is 1. The summed E-state index contributed by atoms with van der Waals surface area (Å²) in [6, 6.07) is 3.24. The number of aromatic nitrogens is 2. The Hall–Kier alpha value is -2.28. The number of carbonyl (C=O) groups is 1. The van der Waals surface area contributed by atoms with Crippen molar-refractivity contribution in [2.45, 2.75) is 26.8 Å². The van der Waals surface area contributed by atoms with Gasteiger partial charge >= 0.3 is 0 Å². The summed E-state index contributed by atoms with van der Waals surface area (Å²) < 4.78 is 7.22. The van der Waals surface area contributed by atoms with Crippen molar-refractivity contribution < 1.29 is 9.53 Å². The molecule has 7 nitrogen and oxygen atoms in total. The van der Waals surface area contributed by atoms with Crippen LogP contribution in [0.3, 0.4) is 0 Å². The molecular formula is C15H25N5O2. The summed E-state index contributed by atoms with van der Waals surface area (Å²) in [6.45, 7) is 5.59. The highest BCUT2D eigenvalue weighted by Crippen LogP contribution is 2.29. The van der Waals surface area contributed by atoms with E-state index in [-0.39, 0.29) is 0 Å². The average Bonchev–Trinajstić information content (AvgIpc) is 2.84. The van der Waals surface area contributed by atoms with Crippen LogP contribution in [-0.4, -0.2) is 36.2 Å². The first kappa shape index (κ1) is 17.8. The molecule has 1 amide bonds. The van der Waals surface area contributed by atoms with Crippen LogP contribution in [0.25, 0.3) is 11.0 Å². The number of hydrogen-bond donors (Lipinski definition) is 3. The van der Waals surface area contributed by atoms with Crippen LogP contribution in [-0.2, 0) is 6.54 Å². The van der Waals surface area contributed by atoms with Gasteiger partial charge in [-0.05, 0) is 32.1 Å². The van der Waals surface area contributed by atoms with E-state index in [4.69, 9.17) is 16.2 Å². The largest absolute Gasteiger partial charge is 0.494 e. The van der Waals surface area contributed by atoms with Crippen LogP contribution < -0.4 is 21.5 Å². The third-order valence-electron chi connectivity index (χ3n) is 3.15. The van der Waals surface area contributed by atoms with E-state index in [9.17, 15) is 4.79 Å². The second-order valence-electron chi connectivity index (χ2n) is 4.49. The summed E-state index contributed by atoms with van der Waals surface area (Å²) in [5.41, 5.74) is 13.0. The number of fused-ring (bicyclic) bond motifs is 1. The number of primary amides is 1. The summed E-state index contributed by atoms with van der Waals surface area (Å²) >= 11 is 0. The summed E-state index contributed by atoms with van der Waals surface area (Å²) in [6.07, 6.45) is 0.910. The highest BCUT2D eigenvalue weighted by molar-refractivity contribution is 5.98. The number of hydrogen-bond acceptors (Lipinski definition) is 5. The van der Waals surface area contributed by atoms with Crippen molar-refractivity contribution in [2.75, 3.05) is 26.4 Å². The highest BCUT2D eigenvalue weighted by atomic mass is 16.5. The number of rotatable bonds is 6. The zero-order chi connectivity index (χ0) is 16.7. The second-order valence-corrected chi connectivity index (χ2v) is 4.49. The van der Waals surface area contributed by atoms with Crippen LogP contribution in [0.15, 0.2) is 12.1 Å². The fourth-order valence-corrected chi connectivity index (χ4v) is 2.19. The van der Waals surface area contributed by atoms with E-state index >= 15 is 0 Å². The second kappa shape index (κ2) is 8.23. The molecule has 0 aliphatic carbocycles. The Morgan fingerprint density at radius 1 is 1.41 bits per heavy atom. The summed E-state index contributed by atoms with van der Waals surface area (Å²) in [5.74, 6) is 0.425. The molecule has 7 heteroatoms. The quantitative estimate of drug-likeness (QED) is 0.698. The van der Waals surface area contributed by atoms with Crippen LogP contribution in [0.2, 0.25) is 0 Å². The summed E-state index contributed by atoms with van der Waals surface area (Å²) in [5, 5.41) is 3.08. The molecule has 1 aromatic heterocycles. The van der Waals surface area contributed by atoms with Gasteiger partial charge < -0.3 is 26.1 Å². The number of aryl methyl sites for hydroxylation is 1. The van der Waals surface area contributed by atoms with Gasteiger partial charge in [-0.3, -0.25) is 4.79 Å². The fraction of sp³-hybridized carbons (Fsp3) is 0.467. The maximum absolute atomic E-state index is 11.3. The standard InChI is InChI=1S/C13H19N5O2.C2H6/c1-16-4-3-5-18-11-9(17-13(18)15)6-8(12(14)19)7-10(11)20-2;1-2/h6-7,16H,3-5H2,1-2H3,(H2,14,19)(H2,15,17);1-2H3. The van der Waals surface area contributed by atoms with E-state index in [1.54, 1.807) is 19.2 Å². The minimum absolute atomic E-state index is 0.356. The molecule has 0 saturated carbocycles. The van der Waals surface area contributed by atoms with Crippen molar-refractivity contribution in [1.82, 2.24) is 14.9 Å². The Labute approximate surface area is 130 Å². The maximum Gasteiger partial charge on any atom is 0.248 e. The molecule has 0 aliphatic heterocycles. The lowest BCUT2D eigenvalue weighted by atomic mass is 10.1. The van der Waals surface area contributed by atoms with Gasteiger partial charge in [0.25, 0.3) is 0 Å². The average molecular weight is 307 g/mol. The number of nitrogens with zero attached hydrogens (tertiary/aromatic N) is 2. The van der Waals surface area contributed by atoms with Crippen molar-refractivity contribution in [2.24, 2.45) is 5.73 Å². The van der Waals surface area contributed by atoms with E-state index in [0.717, 1.165) is 25.0 Å². The monoisotopic (exact) mass is 307 g/mol. The lowest BCUT2D eigenvalue weighted by molar-refractivity contribution is 0.1000. The molecule has 2 aromatic rings. The number of amides is 1. The minimum atomic E-state index is -0.520. The number of ether oxygens (including phenoxy) is 1. The SMILES string of the molecule is CC.CNCCCn1c(N)nc2cc(C(N)=O)cc(OC)c21. The van der Waals surface area contributed by atoms with Crippen LogP contribution >= 0.6 is 0 Å². The van der Waals surface area contributed by atoms with Crippen molar-refractivity contribution in [3.8, 4) is 5.75 Å². The van der Waals surface area contributed by atoms with Crippen LogP contribution in [0.5, 0.6) is 5.75 Å². The van der Waals surface area contributed by atoms with Gasteiger partial charge in [-0.15, -0.1) is 0 Å². The van der Waals surface area contributed by atoms with Gasteiger partial charge in [0.2, 0.25) is 11.9 Å². The van der Waals surface area contributed by atoms with Gasteiger partial charge in [-0.1, -0.05) is 13.8 Å². The number of imidazole rings is 1. The Morgan fingerprint density at radius 3 is 2.64 bits per heavy atom. The topological polar surface area (TPSA) is 108 Å². The first-order valence-electron chi connectivity index (χ1n) is 7.36. The molecule has 0 atom stereocenters. The first-order chi connectivity index (χ1) is 10.6. The van der Waals surface area contributed by atoms with Gasteiger partial charge in [-0.25, -0.2) is 4.98 Å². The first-order valence-corrected chi connectivity index (χ1v) is 7.36. The Balaban J connectivity index is 0.00000116. The Morgan fingerprint density at radius 2 is 2.09 bits per heavy atom. The number of nitrogens with two attached hydrogens (primary N) is 2. The van der Waals surface area contributed by atoms with Crippen molar-refractivity contribution in [3.63, 3.8) is 0 Å². The van der Waals surface area contributed by atoms with Crippen LogP contribution in [0.1, 0.15) is 30.6 Å². The number of nitrogens with one attached hydrogen (secondary N) is 1. The molecule has 22 heavy (non-hydrogen) atoms. The minimum Gasteiger partial charge on any atom is -0.494 e. The summed E-state index contributed by atoms with van der Waals surface area (Å²) in [7, 11) is 3.44. The molecule has 0 radical (unpaired) electrons. The molecule has 1 aromatic carbocycles. The van der Waals surface area contributed by atoms with E-state index in [1.165, 1.54) is 0 Å². The van der Waals surface area contributed by atoms with Gasteiger partial charge in [-0.2, -0.15) is 0 Å². The van der Waals surface area contributed by atoms with E-state index < -0.39 is 5.91 Å². The van der Waals surface area contributed by atoms with Crippen molar-refractivity contribution >= 4 is 22.9 Å². The molecule has 122 valence electrons. The molecule has 0 unspecified atom stereocenters.